The molecule has 3 aromatic rings. The molecule has 5 heterocycles. The maximum Gasteiger partial charge on any atom is 0.326 e. The molecular weight excluding hydrogens is 825 g/mol. The maximum atomic E-state index is 15.4. The fourth-order valence-corrected chi connectivity index (χ4v) is 11.0. The number of carbonyl (C=O) groups excluding carboxylic acids is 2. The highest BCUT2D eigenvalue weighted by atomic mass is 35.5. The Balaban J connectivity index is 1.23. The quantitative estimate of drug-likeness (QED) is 0.221. The van der Waals surface area contributed by atoms with Crippen molar-refractivity contribution < 1.29 is 27.5 Å². The second-order valence-electron chi connectivity index (χ2n) is 16.1. The predicted molar refractivity (Wildman–Crippen MR) is 234 cm³/mol. The van der Waals surface area contributed by atoms with E-state index >= 15 is 4.79 Å². The Kier molecular flexibility index (Phi) is 13.5. The number of hydrogen-bond acceptors (Lipinski definition) is 9. The maximum absolute atomic E-state index is 15.4. The third-order valence-electron chi connectivity index (χ3n) is 12.3. The molecule has 0 unspecified atom stereocenters. The zero-order valence-electron chi connectivity index (χ0n) is 34.3. The Bertz CT molecular complexity index is 2130. The monoisotopic (exact) mass is 879 g/mol. The molecule has 322 valence electrons. The minimum absolute atomic E-state index is 0.0624. The summed E-state index contributed by atoms with van der Waals surface area (Å²) in [6.07, 6.45) is 5.61. The van der Waals surface area contributed by atoms with E-state index in [1.807, 2.05) is 71.3 Å². The molecule has 0 radical (unpaired) electrons. The van der Waals surface area contributed by atoms with E-state index in [0.717, 1.165) is 62.7 Å². The van der Waals surface area contributed by atoms with Crippen LogP contribution in [0, 0.1) is 0 Å². The summed E-state index contributed by atoms with van der Waals surface area (Å²) in [5, 5.41) is 1.13. The van der Waals surface area contributed by atoms with Gasteiger partial charge in [0, 0.05) is 81.6 Å². The molecule has 3 aromatic carbocycles. The highest BCUT2D eigenvalue weighted by molar-refractivity contribution is 7.89. The van der Waals surface area contributed by atoms with Gasteiger partial charge >= 0.3 is 6.03 Å². The molecule has 0 aromatic heterocycles. The number of hydrogen-bond donors (Lipinski definition) is 0. The molecule has 3 amide bonds. The number of nitrogens with zero attached hydrogens (tertiary/aromatic N) is 7. The van der Waals surface area contributed by atoms with Gasteiger partial charge in [0.05, 0.1) is 43.7 Å². The topological polar surface area (TPSA) is 119 Å². The van der Waals surface area contributed by atoms with Crippen molar-refractivity contribution in [3.05, 3.63) is 87.4 Å². The number of benzene rings is 3. The summed E-state index contributed by atoms with van der Waals surface area (Å²) in [7, 11) is -3.95. The second-order valence-corrected chi connectivity index (χ2v) is 18.9. The van der Waals surface area contributed by atoms with Gasteiger partial charge in [0.25, 0.3) is 0 Å². The standard InChI is InChI=1S/C44H55Cl2N7O6S/c1-2-59-38-30-37(49-17-5-3-6-18-49)39(60(56,57)52-19-7-4-8-20-52)29-36(38)43-47-41(32-9-13-34(45)14-10-32)42(33-11-15-35(46)16-12-33)53(43)44(55)51-23-21-48(22-24-51)31-40(54)50-25-27-58-28-26-50/h9-16,29-30,41-42H,2-8,17-28,31H2,1H3/t41-,42+/m0/s1. The largest absolute Gasteiger partial charge is 0.493 e. The Labute approximate surface area is 363 Å². The smallest absolute Gasteiger partial charge is 0.326 e. The molecule has 5 aliphatic rings. The molecule has 2 atom stereocenters. The Morgan fingerprint density at radius 3 is 1.97 bits per heavy atom. The van der Waals surface area contributed by atoms with E-state index < -0.39 is 22.1 Å². The van der Waals surface area contributed by atoms with Crippen LogP contribution in [0.1, 0.15) is 74.2 Å². The molecule has 13 nitrogen and oxygen atoms in total. The molecule has 4 fully saturated rings. The van der Waals surface area contributed by atoms with E-state index in [2.05, 4.69) is 9.80 Å². The highest BCUT2D eigenvalue weighted by Crippen LogP contribution is 2.47. The van der Waals surface area contributed by atoms with Gasteiger partial charge in [0.1, 0.15) is 22.5 Å². The lowest BCUT2D eigenvalue weighted by molar-refractivity contribution is -0.136. The first-order chi connectivity index (χ1) is 29.1. The van der Waals surface area contributed by atoms with Crippen molar-refractivity contribution in [2.45, 2.75) is 62.4 Å². The lowest BCUT2D eigenvalue weighted by Crippen LogP contribution is -2.56. The summed E-state index contributed by atoms with van der Waals surface area (Å²) in [6, 6.07) is 17.0. The number of piperidine rings is 2. The number of amidine groups is 1. The van der Waals surface area contributed by atoms with E-state index in [-0.39, 0.29) is 23.4 Å². The van der Waals surface area contributed by atoms with Gasteiger partial charge in [-0.05, 0) is 80.5 Å². The van der Waals surface area contributed by atoms with Crippen molar-refractivity contribution in [1.29, 1.82) is 0 Å². The number of amides is 3. The summed E-state index contributed by atoms with van der Waals surface area (Å²) in [6.45, 7) is 8.93. The third kappa shape index (κ3) is 9.14. The Hall–Kier alpha value is -3.92. The van der Waals surface area contributed by atoms with Gasteiger partial charge < -0.3 is 24.2 Å². The number of carbonyl (C=O) groups is 2. The predicted octanol–water partition coefficient (Wildman–Crippen LogP) is 6.70. The summed E-state index contributed by atoms with van der Waals surface area (Å²) in [5.74, 6) is 0.853. The van der Waals surface area contributed by atoms with E-state index in [4.69, 9.17) is 37.7 Å². The molecule has 0 aliphatic carbocycles. The van der Waals surface area contributed by atoms with Crippen LogP contribution in [0.25, 0.3) is 0 Å². The number of halogens is 2. The van der Waals surface area contributed by atoms with Gasteiger partial charge in [0.15, 0.2) is 0 Å². The zero-order valence-corrected chi connectivity index (χ0v) is 36.6. The number of urea groups is 1. The fourth-order valence-electron chi connectivity index (χ4n) is 9.04. The highest BCUT2D eigenvalue weighted by Gasteiger charge is 2.46. The SMILES string of the molecule is CCOc1cc(N2CCCCC2)c(S(=O)(=O)N2CCCCC2)cc1C1=N[C@@H](c2ccc(Cl)cc2)[C@@H](c2ccc(Cl)cc2)N1C(=O)N1CCN(CC(=O)N2CCOCC2)CC1. The van der Waals surface area contributed by atoms with Crippen LogP contribution in [0.5, 0.6) is 5.75 Å². The summed E-state index contributed by atoms with van der Waals surface area (Å²) in [5.41, 5.74) is 2.70. The second kappa shape index (κ2) is 19.0. The van der Waals surface area contributed by atoms with Crippen LogP contribution in [-0.4, -0.2) is 142 Å². The van der Waals surface area contributed by atoms with Crippen LogP contribution < -0.4 is 9.64 Å². The minimum atomic E-state index is -3.95. The summed E-state index contributed by atoms with van der Waals surface area (Å²) >= 11 is 12.8. The van der Waals surface area contributed by atoms with E-state index in [1.165, 1.54) is 0 Å². The normalized spacial score (nSPS) is 22.2. The number of piperazine rings is 1. The third-order valence-corrected chi connectivity index (χ3v) is 14.7. The van der Waals surface area contributed by atoms with Crippen molar-refractivity contribution in [1.82, 2.24) is 23.9 Å². The Morgan fingerprint density at radius 1 is 0.750 bits per heavy atom. The van der Waals surface area contributed by atoms with Crippen molar-refractivity contribution in [3.63, 3.8) is 0 Å². The van der Waals surface area contributed by atoms with E-state index in [1.54, 1.807) is 15.3 Å². The van der Waals surface area contributed by atoms with Crippen LogP contribution in [0.2, 0.25) is 10.0 Å². The molecule has 16 heteroatoms. The number of ether oxygens (including phenoxy) is 2. The summed E-state index contributed by atoms with van der Waals surface area (Å²) in [4.78, 5) is 43.8. The number of anilines is 1. The number of sulfonamides is 1. The van der Waals surface area contributed by atoms with Crippen LogP contribution in [0.3, 0.4) is 0 Å². The van der Waals surface area contributed by atoms with Gasteiger partial charge in [-0.25, -0.2) is 13.2 Å². The van der Waals surface area contributed by atoms with Crippen molar-refractivity contribution in [3.8, 4) is 5.75 Å². The van der Waals surface area contributed by atoms with Crippen LogP contribution >= 0.6 is 23.2 Å². The Morgan fingerprint density at radius 2 is 1.35 bits per heavy atom. The van der Waals surface area contributed by atoms with Crippen molar-refractivity contribution >= 4 is 56.7 Å². The lowest BCUT2D eigenvalue weighted by atomic mass is 9.93. The molecule has 60 heavy (non-hydrogen) atoms. The molecular formula is C44H55Cl2N7O6S. The zero-order chi connectivity index (χ0) is 41.8. The van der Waals surface area contributed by atoms with E-state index in [9.17, 15) is 13.2 Å². The van der Waals surface area contributed by atoms with Gasteiger partial charge in [-0.1, -0.05) is 53.9 Å². The fraction of sp³-hybridized carbons (Fsp3) is 0.523. The van der Waals surface area contributed by atoms with Crippen molar-refractivity contribution in [2.24, 2.45) is 4.99 Å². The number of morpholine rings is 1. The van der Waals surface area contributed by atoms with Crippen LogP contribution in [-0.2, 0) is 19.6 Å². The lowest BCUT2D eigenvalue weighted by Gasteiger charge is -2.39. The average Bonchev–Trinajstić information content (AvgIpc) is 3.68. The molecule has 4 saturated heterocycles. The van der Waals surface area contributed by atoms with Gasteiger partial charge in [-0.3, -0.25) is 19.6 Å². The molecule has 0 bridgehead atoms. The van der Waals surface area contributed by atoms with E-state index in [0.29, 0.717) is 105 Å². The number of rotatable bonds is 10. The first-order valence-corrected chi connectivity index (χ1v) is 23.6. The molecule has 5 aliphatic heterocycles. The van der Waals surface area contributed by atoms with Gasteiger partial charge in [0.2, 0.25) is 15.9 Å². The average molecular weight is 881 g/mol. The molecule has 8 rings (SSSR count). The van der Waals surface area contributed by atoms with Gasteiger partial charge in [-0.2, -0.15) is 4.31 Å². The minimum Gasteiger partial charge on any atom is -0.493 e. The molecule has 0 spiro atoms. The van der Waals surface area contributed by atoms with Crippen LogP contribution in [0.15, 0.2) is 70.6 Å². The number of aliphatic imine (C=N–C) groups is 1. The first kappa shape index (κ1) is 42.8. The van der Waals surface area contributed by atoms with Crippen LogP contribution in [0.4, 0.5) is 10.5 Å². The van der Waals surface area contributed by atoms with Crippen molar-refractivity contribution in [2.75, 3.05) is 96.7 Å². The summed E-state index contributed by atoms with van der Waals surface area (Å²) < 4.78 is 43.2. The first-order valence-electron chi connectivity index (χ1n) is 21.4. The molecule has 0 saturated carbocycles. The van der Waals surface area contributed by atoms with Gasteiger partial charge in [-0.15, -0.1) is 0 Å². The molecule has 0 N–H and O–H groups in total.